The molecule has 0 aliphatic heterocycles. The van der Waals surface area contributed by atoms with Crippen LogP contribution in [0.2, 0.25) is 0 Å². The van der Waals surface area contributed by atoms with Gasteiger partial charge in [0.2, 0.25) is 5.78 Å². The number of benzene rings is 2. The monoisotopic (exact) mass is 365 g/mol. The fourth-order valence-electron chi connectivity index (χ4n) is 2.93. The van der Waals surface area contributed by atoms with Crippen molar-refractivity contribution in [2.45, 2.75) is 4.90 Å². The van der Waals surface area contributed by atoms with E-state index in [1.807, 2.05) is 53.3 Å². The van der Waals surface area contributed by atoms with Crippen molar-refractivity contribution in [3.63, 3.8) is 0 Å². The first-order valence-electron chi connectivity index (χ1n) is 8.02. The first-order valence-corrected chi connectivity index (χ1v) is 9.25. The second-order valence-corrected chi connectivity index (χ2v) is 6.52. The summed E-state index contributed by atoms with van der Waals surface area (Å²) in [5.41, 5.74) is 3.24. The van der Waals surface area contributed by atoms with Gasteiger partial charge in [-0.2, -0.15) is 0 Å². The summed E-state index contributed by atoms with van der Waals surface area (Å²) in [7, 11) is 1.63. The number of hydrogen-bond acceptors (Lipinski definition) is 4. The van der Waals surface area contributed by atoms with Crippen LogP contribution in [-0.4, -0.2) is 27.7 Å². The maximum atomic E-state index is 14.4. The molecule has 4 nitrogen and oxygen atoms in total. The molecule has 0 aliphatic carbocycles. The Bertz CT molecular complexity index is 1080. The predicted octanol–water partition coefficient (Wildman–Crippen LogP) is 4.93. The van der Waals surface area contributed by atoms with Gasteiger partial charge in [0.25, 0.3) is 0 Å². The smallest absolute Gasteiger partial charge is 0.234 e. The summed E-state index contributed by atoms with van der Waals surface area (Å²) in [6, 6.07) is 14.7. The van der Waals surface area contributed by atoms with Gasteiger partial charge in [0.1, 0.15) is 11.6 Å². The summed E-state index contributed by atoms with van der Waals surface area (Å²) in [6.07, 6.45) is 5.44. The van der Waals surface area contributed by atoms with Crippen LogP contribution in [0.25, 0.3) is 28.3 Å². The van der Waals surface area contributed by atoms with E-state index in [1.165, 1.54) is 11.8 Å². The molecule has 0 spiro atoms. The van der Waals surface area contributed by atoms with Crippen molar-refractivity contribution in [1.29, 1.82) is 0 Å². The SMILES string of the molecule is COc1ccc(-c2nc3ncccn3c2-c2ccc(SC)c(F)c2)cc1. The molecule has 0 amide bonds. The lowest BCUT2D eigenvalue weighted by Crippen LogP contribution is -1.92. The van der Waals surface area contributed by atoms with Gasteiger partial charge in [-0.1, -0.05) is 6.07 Å². The standard InChI is InChI=1S/C20H16FN3OS/c1-25-15-7-4-13(5-8-15)18-19(24-11-3-10-22-20(24)23-18)14-6-9-17(26-2)16(21)12-14/h3-12H,1-2H3. The van der Waals surface area contributed by atoms with Crippen LogP contribution < -0.4 is 4.74 Å². The molecule has 2 aromatic carbocycles. The third-order valence-electron chi connectivity index (χ3n) is 4.19. The maximum Gasteiger partial charge on any atom is 0.234 e. The minimum Gasteiger partial charge on any atom is -0.497 e. The Morgan fingerprint density at radius 1 is 1.08 bits per heavy atom. The minimum atomic E-state index is -0.241. The zero-order chi connectivity index (χ0) is 18.1. The molecule has 2 heterocycles. The van der Waals surface area contributed by atoms with Gasteiger partial charge >= 0.3 is 0 Å². The number of halogens is 1. The third-order valence-corrected chi connectivity index (χ3v) is 4.96. The second-order valence-electron chi connectivity index (χ2n) is 5.68. The maximum absolute atomic E-state index is 14.4. The topological polar surface area (TPSA) is 39.4 Å². The Morgan fingerprint density at radius 3 is 2.54 bits per heavy atom. The van der Waals surface area contributed by atoms with Crippen LogP contribution >= 0.6 is 11.8 Å². The van der Waals surface area contributed by atoms with E-state index in [9.17, 15) is 4.39 Å². The van der Waals surface area contributed by atoms with E-state index in [-0.39, 0.29) is 5.82 Å². The Labute approximate surface area is 154 Å². The van der Waals surface area contributed by atoms with Gasteiger partial charge in [-0.3, -0.25) is 4.40 Å². The molecule has 0 saturated carbocycles. The van der Waals surface area contributed by atoms with Crippen LogP contribution in [0.5, 0.6) is 5.75 Å². The summed E-state index contributed by atoms with van der Waals surface area (Å²) in [6.45, 7) is 0. The summed E-state index contributed by atoms with van der Waals surface area (Å²) in [4.78, 5) is 9.62. The molecular weight excluding hydrogens is 349 g/mol. The molecule has 26 heavy (non-hydrogen) atoms. The van der Waals surface area contributed by atoms with Crippen molar-refractivity contribution in [3.05, 3.63) is 66.7 Å². The Kier molecular flexibility index (Phi) is 4.34. The van der Waals surface area contributed by atoms with Gasteiger partial charge in [0.15, 0.2) is 0 Å². The number of nitrogens with zero attached hydrogens (tertiary/aromatic N) is 3. The van der Waals surface area contributed by atoms with Gasteiger partial charge in [-0.05, 0) is 48.7 Å². The molecule has 2 aromatic heterocycles. The van der Waals surface area contributed by atoms with Crippen molar-refractivity contribution in [2.24, 2.45) is 0 Å². The van der Waals surface area contributed by atoms with E-state index < -0.39 is 0 Å². The summed E-state index contributed by atoms with van der Waals surface area (Å²) < 4.78 is 21.5. The number of hydrogen-bond donors (Lipinski definition) is 0. The Hall–Kier alpha value is -2.86. The molecule has 0 fully saturated rings. The van der Waals surface area contributed by atoms with E-state index in [4.69, 9.17) is 4.74 Å². The molecule has 6 heteroatoms. The number of rotatable bonds is 4. The van der Waals surface area contributed by atoms with Gasteiger partial charge in [-0.15, -0.1) is 11.8 Å². The molecule has 0 atom stereocenters. The van der Waals surface area contributed by atoms with E-state index in [1.54, 1.807) is 25.4 Å². The number of imidazole rings is 1. The molecule has 0 unspecified atom stereocenters. The molecule has 4 rings (SSSR count). The zero-order valence-electron chi connectivity index (χ0n) is 14.3. The molecule has 0 saturated heterocycles. The Morgan fingerprint density at radius 2 is 1.85 bits per heavy atom. The fraction of sp³-hybridized carbons (Fsp3) is 0.100. The number of ether oxygens (including phenoxy) is 1. The first-order chi connectivity index (χ1) is 12.7. The molecule has 0 radical (unpaired) electrons. The average molecular weight is 365 g/mol. The summed E-state index contributed by atoms with van der Waals surface area (Å²) in [5.74, 6) is 1.10. The van der Waals surface area contributed by atoms with Gasteiger partial charge in [0.05, 0.1) is 18.5 Å². The average Bonchev–Trinajstić information content (AvgIpc) is 3.07. The largest absolute Gasteiger partial charge is 0.497 e. The van der Waals surface area contributed by atoms with E-state index in [2.05, 4.69) is 9.97 Å². The minimum absolute atomic E-state index is 0.241. The second kappa shape index (κ2) is 6.80. The Balaban J connectivity index is 1.96. The van der Waals surface area contributed by atoms with Crippen LogP contribution in [0.4, 0.5) is 4.39 Å². The van der Waals surface area contributed by atoms with Crippen LogP contribution in [0.3, 0.4) is 0 Å². The fourth-order valence-corrected chi connectivity index (χ4v) is 3.39. The van der Waals surface area contributed by atoms with E-state index in [0.717, 1.165) is 28.3 Å². The van der Waals surface area contributed by atoms with Gasteiger partial charge in [0, 0.05) is 28.4 Å². The summed E-state index contributed by atoms with van der Waals surface area (Å²) in [5, 5.41) is 0. The number of aromatic nitrogens is 3. The highest BCUT2D eigenvalue weighted by Gasteiger charge is 2.17. The van der Waals surface area contributed by atoms with Crippen LogP contribution in [-0.2, 0) is 0 Å². The van der Waals surface area contributed by atoms with Crippen molar-refractivity contribution in [1.82, 2.24) is 14.4 Å². The zero-order valence-corrected chi connectivity index (χ0v) is 15.1. The highest BCUT2D eigenvalue weighted by molar-refractivity contribution is 7.98. The van der Waals surface area contributed by atoms with E-state index >= 15 is 0 Å². The molecule has 0 aliphatic rings. The lowest BCUT2D eigenvalue weighted by atomic mass is 10.0. The highest BCUT2D eigenvalue weighted by atomic mass is 32.2. The lowest BCUT2D eigenvalue weighted by molar-refractivity contribution is 0.415. The first kappa shape index (κ1) is 16.6. The number of thioether (sulfide) groups is 1. The van der Waals surface area contributed by atoms with Crippen molar-refractivity contribution in [3.8, 4) is 28.3 Å². The lowest BCUT2D eigenvalue weighted by Gasteiger charge is -2.08. The third kappa shape index (κ3) is 2.82. The molecule has 0 N–H and O–H groups in total. The highest BCUT2D eigenvalue weighted by Crippen LogP contribution is 2.34. The predicted molar refractivity (Wildman–Crippen MR) is 102 cm³/mol. The molecular formula is C20H16FN3OS. The van der Waals surface area contributed by atoms with E-state index in [0.29, 0.717) is 10.7 Å². The van der Waals surface area contributed by atoms with Crippen molar-refractivity contribution < 1.29 is 9.13 Å². The normalized spacial score (nSPS) is 11.0. The molecule has 4 aromatic rings. The van der Waals surface area contributed by atoms with Crippen LogP contribution in [0, 0.1) is 5.82 Å². The van der Waals surface area contributed by atoms with Crippen LogP contribution in [0.1, 0.15) is 0 Å². The summed E-state index contributed by atoms with van der Waals surface area (Å²) >= 11 is 1.39. The van der Waals surface area contributed by atoms with Gasteiger partial charge in [-0.25, -0.2) is 14.4 Å². The molecule has 0 bridgehead atoms. The quantitative estimate of drug-likeness (QED) is 0.481. The molecule has 130 valence electrons. The number of methoxy groups -OCH3 is 1. The van der Waals surface area contributed by atoms with Crippen molar-refractivity contribution >= 4 is 17.5 Å². The van der Waals surface area contributed by atoms with Crippen LogP contribution in [0.15, 0.2) is 65.8 Å². The van der Waals surface area contributed by atoms with Gasteiger partial charge < -0.3 is 4.74 Å². The number of fused-ring (bicyclic) bond motifs is 1. The van der Waals surface area contributed by atoms with Crippen molar-refractivity contribution in [2.75, 3.05) is 13.4 Å².